The van der Waals surface area contributed by atoms with Gasteiger partial charge in [-0.15, -0.1) is 0 Å². The molecule has 0 atom stereocenters. The zero-order chi connectivity index (χ0) is 14.8. The maximum absolute atomic E-state index is 11.7. The Bertz CT molecular complexity index is 475. The number of benzene rings is 1. The van der Waals surface area contributed by atoms with E-state index in [-0.39, 0.29) is 19.8 Å². The molecule has 1 aromatic carbocycles. The molecule has 5 nitrogen and oxygen atoms in total. The van der Waals surface area contributed by atoms with Gasteiger partial charge in [-0.1, -0.05) is 12.1 Å². The van der Waals surface area contributed by atoms with Crippen molar-refractivity contribution in [3.05, 3.63) is 29.8 Å². The van der Waals surface area contributed by atoms with Crippen LogP contribution in [0.15, 0.2) is 24.3 Å². The van der Waals surface area contributed by atoms with Gasteiger partial charge in [-0.2, -0.15) is 5.26 Å². The Morgan fingerprint density at radius 1 is 1.40 bits per heavy atom. The van der Waals surface area contributed by atoms with Crippen molar-refractivity contribution >= 4 is 5.91 Å². The Balaban J connectivity index is 2.22. The molecule has 1 N–H and O–H groups in total. The number of ether oxygens (including phenoxy) is 2. The van der Waals surface area contributed by atoms with Gasteiger partial charge in [-0.3, -0.25) is 4.79 Å². The van der Waals surface area contributed by atoms with Crippen LogP contribution in [0.4, 0.5) is 8.78 Å². The van der Waals surface area contributed by atoms with Crippen LogP contribution in [-0.2, 0) is 9.53 Å². The molecule has 0 aromatic heterocycles. The quantitative estimate of drug-likeness (QED) is 0.731. The molecule has 7 heteroatoms. The molecule has 20 heavy (non-hydrogen) atoms. The number of nitriles is 1. The van der Waals surface area contributed by atoms with Gasteiger partial charge in [-0.05, 0) is 12.1 Å². The van der Waals surface area contributed by atoms with Crippen molar-refractivity contribution in [1.82, 2.24) is 5.32 Å². The molecule has 0 saturated heterocycles. The van der Waals surface area contributed by atoms with Crippen LogP contribution in [0.3, 0.4) is 0 Å². The normalized spacial score (nSPS) is 10.1. The van der Waals surface area contributed by atoms with E-state index in [1.54, 1.807) is 24.3 Å². The predicted molar refractivity (Wildman–Crippen MR) is 66.5 cm³/mol. The zero-order valence-corrected chi connectivity index (χ0v) is 10.6. The fourth-order valence-corrected chi connectivity index (χ4v) is 1.31. The Labute approximate surface area is 115 Å². The summed E-state index contributed by atoms with van der Waals surface area (Å²) in [5.41, 5.74) is 0.334. The number of hydrogen-bond donors (Lipinski definition) is 1. The Morgan fingerprint density at radius 3 is 2.85 bits per heavy atom. The van der Waals surface area contributed by atoms with E-state index < -0.39 is 18.9 Å². The van der Waals surface area contributed by atoms with E-state index in [4.69, 9.17) is 10.00 Å². The topological polar surface area (TPSA) is 71.3 Å². The van der Waals surface area contributed by atoms with Crippen LogP contribution >= 0.6 is 0 Å². The maximum Gasteiger partial charge on any atom is 0.261 e. The van der Waals surface area contributed by atoms with Gasteiger partial charge >= 0.3 is 0 Å². The van der Waals surface area contributed by atoms with E-state index >= 15 is 0 Å². The number of nitrogens with one attached hydrogen (secondary N) is 1. The highest BCUT2D eigenvalue weighted by atomic mass is 19.3. The standard InChI is InChI=1S/C13H14F2N2O3/c14-12(15)8-19-6-5-17-13(18)9-20-11-4-2-1-3-10(11)7-16/h1-4,12H,5-6,8-9H2,(H,17,18). The number of hydrogen-bond acceptors (Lipinski definition) is 4. The van der Waals surface area contributed by atoms with Crippen LogP contribution in [0.1, 0.15) is 5.56 Å². The van der Waals surface area contributed by atoms with Crippen LogP contribution in [0.5, 0.6) is 5.75 Å². The van der Waals surface area contributed by atoms with Crippen LogP contribution < -0.4 is 10.1 Å². The molecule has 1 aromatic rings. The Morgan fingerprint density at radius 2 is 2.15 bits per heavy atom. The largest absolute Gasteiger partial charge is 0.482 e. The van der Waals surface area contributed by atoms with Crippen LogP contribution in [0.2, 0.25) is 0 Å². The molecule has 0 bridgehead atoms. The van der Waals surface area contributed by atoms with E-state index in [9.17, 15) is 13.6 Å². The molecule has 0 aliphatic carbocycles. The minimum absolute atomic E-state index is 0.00482. The number of alkyl halides is 2. The molecule has 0 saturated carbocycles. The van der Waals surface area contributed by atoms with Gasteiger partial charge < -0.3 is 14.8 Å². The summed E-state index contributed by atoms with van der Waals surface area (Å²) < 4.78 is 33.3. The van der Waals surface area contributed by atoms with Crippen molar-refractivity contribution in [2.45, 2.75) is 6.43 Å². The second-order valence-corrected chi connectivity index (χ2v) is 3.71. The number of carbonyl (C=O) groups is 1. The summed E-state index contributed by atoms with van der Waals surface area (Å²) in [6.45, 7) is -0.783. The summed E-state index contributed by atoms with van der Waals surface area (Å²) in [5, 5.41) is 11.3. The smallest absolute Gasteiger partial charge is 0.261 e. The molecule has 0 unspecified atom stereocenters. The van der Waals surface area contributed by atoms with Gasteiger partial charge in [0.15, 0.2) is 6.61 Å². The first kappa shape index (κ1) is 15.9. The average Bonchev–Trinajstić information content (AvgIpc) is 2.44. The van der Waals surface area contributed by atoms with Crippen LogP contribution in [0, 0.1) is 11.3 Å². The number of amides is 1. The van der Waals surface area contributed by atoms with Crippen molar-refractivity contribution < 1.29 is 23.0 Å². The zero-order valence-electron chi connectivity index (χ0n) is 10.6. The van der Waals surface area contributed by atoms with Crippen molar-refractivity contribution in [3.63, 3.8) is 0 Å². The third-order valence-electron chi connectivity index (χ3n) is 2.18. The first-order chi connectivity index (χ1) is 9.63. The third kappa shape index (κ3) is 6.11. The fourth-order valence-electron chi connectivity index (χ4n) is 1.31. The summed E-state index contributed by atoms with van der Waals surface area (Å²) in [6.07, 6.45) is -2.52. The van der Waals surface area contributed by atoms with Crippen molar-refractivity contribution in [1.29, 1.82) is 5.26 Å². The Kier molecular flexibility index (Phi) is 7.00. The lowest BCUT2D eigenvalue weighted by molar-refractivity contribution is -0.123. The molecule has 0 aliphatic rings. The van der Waals surface area contributed by atoms with Crippen molar-refractivity contribution in [2.75, 3.05) is 26.4 Å². The van der Waals surface area contributed by atoms with Gasteiger partial charge in [0, 0.05) is 6.54 Å². The van der Waals surface area contributed by atoms with Gasteiger partial charge in [0.25, 0.3) is 12.3 Å². The van der Waals surface area contributed by atoms with Crippen molar-refractivity contribution in [2.24, 2.45) is 0 Å². The fraction of sp³-hybridized carbons (Fsp3) is 0.385. The molecule has 0 spiro atoms. The molecule has 0 aliphatic heterocycles. The molecule has 108 valence electrons. The maximum atomic E-state index is 11.7. The third-order valence-corrected chi connectivity index (χ3v) is 2.18. The minimum atomic E-state index is -2.52. The molecule has 0 heterocycles. The second kappa shape index (κ2) is 8.82. The SMILES string of the molecule is N#Cc1ccccc1OCC(=O)NCCOCC(F)F. The number of rotatable bonds is 8. The summed E-state index contributed by atoms with van der Waals surface area (Å²) in [7, 11) is 0. The van der Waals surface area contributed by atoms with Gasteiger partial charge in [0.05, 0.1) is 12.2 Å². The van der Waals surface area contributed by atoms with E-state index in [1.807, 2.05) is 6.07 Å². The minimum Gasteiger partial charge on any atom is -0.482 e. The summed E-state index contributed by atoms with van der Waals surface area (Å²) in [4.78, 5) is 11.4. The number of halogens is 2. The van der Waals surface area contributed by atoms with E-state index in [1.165, 1.54) is 0 Å². The van der Waals surface area contributed by atoms with Gasteiger partial charge in [0.2, 0.25) is 0 Å². The first-order valence-corrected chi connectivity index (χ1v) is 5.88. The average molecular weight is 284 g/mol. The first-order valence-electron chi connectivity index (χ1n) is 5.88. The molecule has 1 rings (SSSR count). The lowest BCUT2D eigenvalue weighted by Gasteiger charge is -2.08. The highest BCUT2D eigenvalue weighted by Gasteiger charge is 2.06. The summed E-state index contributed by atoms with van der Waals surface area (Å²) in [6, 6.07) is 8.47. The number of carbonyl (C=O) groups excluding carboxylic acids is 1. The molecular weight excluding hydrogens is 270 g/mol. The van der Waals surface area contributed by atoms with Gasteiger partial charge in [-0.25, -0.2) is 8.78 Å². The lowest BCUT2D eigenvalue weighted by atomic mass is 10.2. The molecular formula is C13H14F2N2O3. The molecule has 0 fully saturated rings. The van der Waals surface area contributed by atoms with Crippen LogP contribution in [0.25, 0.3) is 0 Å². The van der Waals surface area contributed by atoms with E-state index in [0.717, 1.165) is 0 Å². The lowest BCUT2D eigenvalue weighted by Crippen LogP contribution is -2.32. The predicted octanol–water partition coefficient (Wildman–Crippen LogP) is 1.33. The highest BCUT2D eigenvalue weighted by molar-refractivity contribution is 5.77. The summed E-state index contributed by atoms with van der Waals surface area (Å²) >= 11 is 0. The molecule has 0 radical (unpaired) electrons. The molecule has 1 amide bonds. The van der Waals surface area contributed by atoms with E-state index in [0.29, 0.717) is 11.3 Å². The van der Waals surface area contributed by atoms with Crippen LogP contribution in [-0.4, -0.2) is 38.7 Å². The number of nitrogens with zero attached hydrogens (tertiary/aromatic N) is 1. The summed E-state index contributed by atoms with van der Waals surface area (Å²) in [5.74, 6) is -0.0995. The van der Waals surface area contributed by atoms with Crippen molar-refractivity contribution in [3.8, 4) is 11.8 Å². The Hall–Kier alpha value is -2.20. The monoisotopic (exact) mass is 284 g/mol. The number of para-hydroxylation sites is 1. The van der Waals surface area contributed by atoms with E-state index in [2.05, 4.69) is 10.1 Å². The second-order valence-electron chi connectivity index (χ2n) is 3.71. The highest BCUT2D eigenvalue weighted by Crippen LogP contribution is 2.15. The van der Waals surface area contributed by atoms with Gasteiger partial charge in [0.1, 0.15) is 18.4 Å².